The molecule has 0 bridgehead atoms. The van der Waals surface area contributed by atoms with Gasteiger partial charge in [-0.2, -0.15) is 0 Å². The first-order chi connectivity index (χ1) is 9.99. The van der Waals surface area contributed by atoms with Crippen LogP contribution in [0.2, 0.25) is 0 Å². The third-order valence-electron chi connectivity index (χ3n) is 4.42. The van der Waals surface area contributed by atoms with Crippen molar-refractivity contribution in [2.75, 3.05) is 11.6 Å². The lowest BCUT2D eigenvalue weighted by Gasteiger charge is -2.18. The molecular weight excluding hydrogens is 282 g/mol. The van der Waals surface area contributed by atoms with Crippen molar-refractivity contribution < 1.29 is 8.42 Å². The number of hydrogen-bond donors (Lipinski definition) is 1. The van der Waals surface area contributed by atoms with E-state index in [9.17, 15) is 8.42 Å². The maximum atomic E-state index is 11.6. The fraction of sp³-hybridized carbons (Fsp3) is 0.647. The van der Waals surface area contributed by atoms with Crippen LogP contribution in [0.15, 0.2) is 29.2 Å². The van der Waals surface area contributed by atoms with Crippen molar-refractivity contribution in [2.45, 2.75) is 62.8 Å². The third-order valence-corrected chi connectivity index (χ3v) is 5.53. The first kappa shape index (κ1) is 16.3. The normalized spacial score (nSPS) is 23.5. The van der Waals surface area contributed by atoms with E-state index in [1.54, 1.807) is 12.1 Å². The molecule has 0 radical (unpaired) electrons. The van der Waals surface area contributed by atoms with Crippen LogP contribution in [-0.4, -0.2) is 20.7 Å². The fourth-order valence-corrected chi connectivity index (χ4v) is 3.94. The molecule has 3 nitrogen and oxygen atoms in total. The minimum Gasteiger partial charge on any atom is -0.382 e. The molecule has 1 saturated carbocycles. The Bertz CT molecular complexity index is 554. The van der Waals surface area contributed by atoms with Crippen LogP contribution in [0.5, 0.6) is 0 Å². The van der Waals surface area contributed by atoms with Gasteiger partial charge in [-0.25, -0.2) is 8.42 Å². The summed E-state index contributed by atoms with van der Waals surface area (Å²) in [4.78, 5) is 0.394. The van der Waals surface area contributed by atoms with Crippen LogP contribution in [-0.2, 0) is 9.84 Å². The SMILES string of the molecule is CCCC1CCCC(Nc2cccc(S(C)(=O)=O)c2)CC1. The van der Waals surface area contributed by atoms with Crippen LogP contribution in [0.3, 0.4) is 0 Å². The fourth-order valence-electron chi connectivity index (χ4n) is 3.27. The zero-order valence-corrected chi connectivity index (χ0v) is 14.0. The van der Waals surface area contributed by atoms with Gasteiger partial charge in [0.15, 0.2) is 9.84 Å². The predicted molar refractivity (Wildman–Crippen MR) is 88.4 cm³/mol. The minimum absolute atomic E-state index is 0.394. The lowest BCUT2D eigenvalue weighted by atomic mass is 9.95. The van der Waals surface area contributed by atoms with E-state index in [4.69, 9.17) is 0 Å². The largest absolute Gasteiger partial charge is 0.382 e. The Kier molecular flexibility index (Phi) is 5.68. The van der Waals surface area contributed by atoms with Gasteiger partial charge in [-0.3, -0.25) is 0 Å². The molecule has 0 aromatic heterocycles. The average Bonchev–Trinajstić information content (AvgIpc) is 2.64. The molecule has 0 spiro atoms. The molecule has 0 amide bonds. The van der Waals surface area contributed by atoms with Crippen molar-refractivity contribution in [2.24, 2.45) is 5.92 Å². The zero-order valence-electron chi connectivity index (χ0n) is 13.1. The van der Waals surface area contributed by atoms with E-state index >= 15 is 0 Å². The highest BCUT2D eigenvalue weighted by atomic mass is 32.2. The van der Waals surface area contributed by atoms with E-state index in [1.807, 2.05) is 12.1 Å². The lowest BCUT2D eigenvalue weighted by Crippen LogP contribution is -2.18. The van der Waals surface area contributed by atoms with E-state index in [2.05, 4.69) is 12.2 Å². The van der Waals surface area contributed by atoms with Crippen LogP contribution < -0.4 is 5.32 Å². The van der Waals surface area contributed by atoms with Crippen molar-refractivity contribution in [1.29, 1.82) is 0 Å². The van der Waals surface area contributed by atoms with Crippen molar-refractivity contribution >= 4 is 15.5 Å². The molecule has 1 N–H and O–H groups in total. The minimum atomic E-state index is -3.13. The number of anilines is 1. The summed E-state index contributed by atoms with van der Waals surface area (Å²) in [6.07, 6.45) is 10.2. The molecule has 0 saturated heterocycles. The second-order valence-electron chi connectivity index (χ2n) is 6.30. The molecule has 0 heterocycles. The van der Waals surface area contributed by atoms with Gasteiger partial charge in [-0.1, -0.05) is 38.7 Å². The first-order valence-corrected chi connectivity index (χ1v) is 9.95. The summed E-state index contributed by atoms with van der Waals surface area (Å²) in [7, 11) is -3.13. The summed E-state index contributed by atoms with van der Waals surface area (Å²) in [6.45, 7) is 2.26. The van der Waals surface area contributed by atoms with Gasteiger partial charge in [-0.05, 0) is 43.4 Å². The molecule has 1 aromatic carbocycles. The van der Waals surface area contributed by atoms with Gasteiger partial charge < -0.3 is 5.32 Å². The van der Waals surface area contributed by atoms with Crippen LogP contribution in [0.1, 0.15) is 51.9 Å². The summed E-state index contributed by atoms with van der Waals surface area (Å²) >= 11 is 0. The molecule has 4 heteroatoms. The lowest BCUT2D eigenvalue weighted by molar-refractivity contribution is 0.422. The van der Waals surface area contributed by atoms with Gasteiger partial charge in [0, 0.05) is 18.0 Å². The van der Waals surface area contributed by atoms with Crippen molar-refractivity contribution in [1.82, 2.24) is 0 Å². The van der Waals surface area contributed by atoms with Gasteiger partial charge in [0.1, 0.15) is 0 Å². The molecule has 1 aliphatic rings. The highest BCUT2D eigenvalue weighted by Gasteiger charge is 2.18. The second-order valence-corrected chi connectivity index (χ2v) is 8.32. The van der Waals surface area contributed by atoms with Crippen LogP contribution in [0, 0.1) is 5.92 Å². The molecule has 118 valence electrons. The predicted octanol–water partition coefficient (Wildman–Crippen LogP) is 4.25. The van der Waals surface area contributed by atoms with Crippen LogP contribution >= 0.6 is 0 Å². The molecule has 2 rings (SSSR count). The highest BCUT2D eigenvalue weighted by Crippen LogP contribution is 2.28. The number of sulfone groups is 1. The quantitative estimate of drug-likeness (QED) is 0.827. The van der Waals surface area contributed by atoms with E-state index in [-0.39, 0.29) is 0 Å². The van der Waals surface area contributed by atoms with E-state index in [0.29, 0.717) is 10.9 Å². The molecule has 1 aromatic rings. The van der Waals surface area contributed by atoms with Crippen molar-refractivity contribution in [3.05, 3.63) is 24.3 Å². The van der Waals surface area contributed by atoms with Gasteiger partial charge in [-0.15, -0.1) is 0 Å². The van der Waals surface area contributed by atoms with Crippen LogP contribution in [0.25, 0.3) is 0 Å². The Morgan fingerprint density at radius 2 is 2.00 bits per heavy atom. The molecule has 0 aliphatic heterocycles. The van der Waals surface area contributed by atoms with E-state index in [1.165, 1.54) is 51.2 Å². The third kappa shape index (κ3) is 5.03. The highest BCUT2D eigenvalue weighted by molar-refractivity contribution is 7.90. The number of nitrogens with one attached hydrogen (secondary N) is 1. The summed E-state index contributed by atoms with van der Waals surface area (Å²) in [5.41, 5.74) is 0.928. The monoisotopic (exact) mass is 309 g/mol. The topological polar surface area (TPSA) is 46.2 Å². The summed E-state index contributed by atoms with van der Waals surface area (Å²) in [5, 5.41) is 3.53. The standard InChI is InChI=1S/C17H27NO2S/c1-3-6-14-7-4-8-15(12-11-14)18-16-9-5-10-17(13-16)21(2,19)20/h5,9-10,13-15,18H,3-4,6-8,11-12H2,1-2H3. The molecule has 21 heavy (non-hydrogen) atoms. The molecule has 1 fully saturated rings. The summed E-state index contributed by atoms with van der Waals surface area (Å²) in [5.74, 6) is 0.879. The Morgan fingerprint density at radius 1 is 1.19 bits per heavy atom. The second kappa shape index (κ2) is 7.30. The maximum Gasteiger partial charge on any atom is 0.175 e. The molecule has 2 unspecified atom stereocenters. The Hall–Kier alpha value is -1.03. The average molecular weight is 309 g/mol. The zero-order chi connectivity index (χ0) is 15.3. The molecule has 1 aliphatic carbocycles. The van der Waals surface area contributed by atoms with E-state index in [0.717, 1.165) is 11.6 Å². The Labute approximate surface area is 129 Å². The number of hydrogen-bond acceptors (Lipinski definition) is 3. The molecular formula is C17H27NO2S. The van der Waals surface area contributed by atoms with Gasteiger partial charge in [0.2, 0.25) is 0 Å². The Morgan fingerprint density at radius 3 is 2.71 bits per heavy atom. The number of rotatable bonds is 5. The smallest absolute Gasteiger partial charge is 0.175 e. The summed E-state index contributed by atoms with van der Waals surface area (Å²) < 4.78 is 23.2. The summed E-state index contributed by atoms with van der Waals surface area (Å²) in [6, 6.07) is 7.66. The van der Waals surface area contributed by atoms with Crippen molar-refractivity contribution in [3.8, 4) is 0 Å². The van der Waals surface area contributed by atoms with Gasteiger partial charge >= 0.3 is 0 Å². The Balaban J connectivity index is 1.99. The maximum absolute atomic E-state index is 11.6. The molecule has 2 atom stereocenters. The van der Waals surface area contributed by atoms with Gasteiger partial charge in [0.25, 0.3) is 0 Å². The van der Waals surface area contributed by atoms with Crippen molar-refractivity contribution in [3.63, 3.8) is 0 Å². The van der Waals surface area contributed by atoms with E-state index < -0.39 is 9.84 Å². The van der Waals surface area contributed by atoms with Crippen LogP contribution in [0.4, 0.5) is 5.69 Å². The number of benzene rings is 1. The van der Waals surface area contributed by atoms with Gasteiger partial charge in [0.05, 0.1) is 4.90 Å². The first-order valence-electron chi connectivity index (χ1n) is 8.05.